The lowest BCUT2D eigenvalue weighted by molar-refractivity contribution is 0.147. The van der Waals surface area contributed by atoms with Crippen molar-refractivity contribution in [3.63, 3.8) is 0 Å². The number of pyridine rings is 1. The highest BCUT2D eigenvalue weighted by Gasteiger charge is 2.16. The van der Waals surface area contributed by atoms with E-state index in [1.54, 1.807) is 22.6 Å². The van der Waals surface area contributed by atoms with Crippen molar-refractivity contribution < 1.29 is 13.2 Å². The standard InChI is InChI=1S/C7H5F3IN/c8-3-4-1-2-12-7(11)5(4)6(9)10/h1-2,6H,3H2. The summed E-state index contributed by atoms with van der Waals surface area (Å²) in [5, 5.41) is 0. The molecule has 0 atom stereocenters. The molecule has 1 rings (SSSR count). The third-order valence-corrected chi connectivity index (χ3v) is 2.25. The summed E-state index contributed by atoms with van der Waals surface area (Å²) in [4.78, 5) is 3.65. The molecule has 0 fully saturated rings. The number of alkyl halides is 3. The van der Waals surface area contributed by atoms with Crippen LogP contribution in [0.4, 0.5) is 13.2 Å². The first kappa shape index (κ1) is 9.76. The number of aromatic nitrogens is 1. The van der Waals surface area contributed by atoms with E-state index in [4.69, 9.17) is 0 Å². The first-order valence-corrected chi connectivity index (χ1v) is 4.22. The van der Waals surface area contributed by atoms with Gasteiger partial charge in [0.15, 0.2) is 0 Å². The summed E-state index contributed by atoms with van der Waals surface area (Å²) in [6.07, 6.45) is -1.33. The average Bonchev–Trinajstić information content (AvgIpc) is 2.03. The fraction of sp³-hybridized carbons (Fsp3) is 0.286. The molecule has 1 aromatic heterocycles. The third kappa shape index (κ3) is 1.88. The van der Waals surface area contributed by atoms with Crippen molar-refractivity contribution in [2.75, 3.05) is 0 Å². The second kappa shape index (κ2) is 4.06. The molecule has 0 saturated carbocycles. The van der Waals surface area contributed by atoms with Crippen molar-refractivity contribution in [1.29, 1.82) is 0 Å². The fourth-order valence-corrected chi connectivity index (χ4v) is 1.57. The van der Waals surface area contributed by atoms with Gasteiger partial charge in [-0.05, 0) is 34.2 Å². The number of halogens is 4. The second-order valence-corrected chi connectivity index (χ2v) is 3.13. The van der Waals surface area contributed by atoms with Gasteiger partial charge < -0.3 is 0 Å². The molecule has 0 spiro atoms. The summed E-state index contributed by atoms with van der Waals surface area (Å²) < 4.78 is 36.9. The molecule has 5 heteroatoms. The maximum atomic E-state index is 12.3. The van der Waals surface area contributed by atoms with Crippen LogP contribution in [-0.2, 0) is 6.67 Å². The molecule has 0 aliphatic rings. The molecule has 0 aliphatic carbocycles. The van der Waals surface area contributed by atoms with Gasteiger partial charge in [0.2, 0.25) is 0 Å². The molecule has 0 aromatic carbocycles. The summed E-state index contributed by atoms with van der Waals surface area (Å²) in [7, 11) is 0. The van der Waals surface area contributed by atoms with E-state index in [9.17, 15) is 13.2 Å². The fourth-order valence-electron chi connectivity index (χ4n) is 0.831. The summed E-state index contributed by atoms with van der Waals surface area (Å²) >= 11 is 1.67. The second-order valence-electron chi connectivity index (χ2n) is 2.11. The summed E-state index contributed by atoms with van der Waals surface area (Å²) in [6, 6.07) is 1.27. The normalized spacial score (nSPS) is 10.8. The number of nitrogens with zero attached hydrogens (tertiary/aromatic N) is 1. The molecular formula is C7H5F3IN. The number of hydrogen-bond acceptors (Lipinski definition) is 1. The predicted octanol–water partition coefficient (Wildman–Crippen LogP) is 3.09. The van der Waals surface area contributed by atoms with Crippen molar-refractivity contribution >= 4 is 22.6 Å². The van der Waals surface area contributed by atoms with Gasteiger partial charge in [-0.15, -0.1) is 0 Å². The van der Waals surface area contributed by atoms with E-state index in [-0.39, 0.29) is 14.8 Å². The quantitative estimate of drug-likeness (QED) is 0.601. The van der Waals surface area contributed by atoms with Crippen molar-refractivity contribution in [1.82, 2.24) is 4.98 Å². The third-order valence-electron chi connectivity index (χ3n) is 1.39. The zero-order valence-corrected chi connectivity index (χ0v) is 8.06. The van der Waals surface area contributed by atoms with Gasteiger partial charge in [0.1, 0.15) is 10.4 Å². The minimum absolute atomic E-state index is 0.0180. The van der Waals surface area contributed by atoms with Crippen molar-refractivity contribution in [2.24, 2.45) is 0 Å². The van der Waals surface area contributed by atoms with Crippen LogP contribution in [0.3, 0.4) is 0 Å². The topological polar surface area (TPSA) is 12.9 Å². The van der Waals surface area contributed by atoms with E-state index in [2.05, 4.69) is 4.98 Å². The van der Waals surface area contributed by atoms with Crippen LogP contribution in [0.5, 0.6) is 0 Å². The molecule has 0 saturated heterocycles. The summed E-state index contributed by atoms with van der Waals surface area (Å²) in [5.74, 6) is 0. The summed E-state index contributed by atoms with van der Waals surface area (Å²) in [6.45, 7) is -0.877. The number of hydrogen-bond donors (Lipinski definition) is 0. The smallest absolute Gasteiger partial charge is 0.250 e. The van der Waals surface area contributed by atoms with Crippen LogP contribution in [-0.4, -0.2) is 4.98 Å². The van der Waals surface area contributed by atoms with E-state index < -0.39 is 13.1 Å². The maximum Gasteiger partial charge on any atom is 0.266 e. The summed E-state index contributed by atoms with van der Waals surface area (Å²) in [5.41, 5.74) is -0.273. The molecule has 0 N–H and O–H groups in total. The lowest BCUT2D eigenvalue weighted by Gasteiger charge is -2.05. The van der Waals surface area contributed by atoms with Crippen LogP contribution >= 0.6 is 22.6 Å². The predicted molar refractivity (Wildman–Crippen MR) is 46.7 cm³/mol. The van der Waals surface area contributed by atoms with E-state index >= 15 is 0 Å². The molecule has 0 unspecified atom stereocenters. The van der Waals surface area contributed by atoms with Crippen LogP contribution in [0.15, 0.2) is 12.3 Å². The molecule has 1 heterocycles. The van der Waals surface area contributed by atoms with Gasteiger partial charge >= 0.3 is 0 Å². The molecular weight excluding hydrogens is 282 g/mol. The Morgan fingerprint density at radius 1 is 1.50 bits per heavy atom. The Hall–Kier alpha value is -0.330. The lowest BCUT2D eigenvalue weighted by Crippen LogP contribution is -1.98. The van der Waals surface area contributed by atoms with Gasteiger partial charge in [-0.3, -0.25) is 0 Å². The highest BCUT2D eigenvalue weighted by Crippen LogP contribution is 2.26. The highest BCUT2D eigenvalue weighted by molar-refractivity contribution is 14.1. The molecule has 0 bridgehead atoms. The Labute approximate surface area is 81.1 Å². The van der Waals surface area contributed by atoms with E-state index in [0.717, 1.165) is 0 Å². The Balaban J connectivity index is 3.20. The molecule has 1 aromatic rings. The molecule has 0 radical (unpaired) electrons. The Kier molecular flexibility index (Phi) is 3.30. The Morgan fingerprint density at radius 3 is 2.58 bits per heavy atom. The van der Waals surface area contributed by atoms with Gasteiger partial charge in [-0.1, -0.05) is 0 Å². The monoisotopic (exact) mass is 287 g/mol. The van der Waals surface area contributed by atoms with E-state index in [0.29, 0.717) is 0 Å². The molecule has 12 heavy (non-hydrogen) atoms. The van der Waals surface area contributed by atoms with Gasteiger partial charge in [-0.25, -0.2) is 18.2 Å². The SMILES string of the molecule is FCc1ccnc(I)c1C(F)F. The van der Waals surface area contributed by atoms with Gasteiger partial charge in [0.25, 0.3) is 6.43 Å². The van der Waals surface area contributed by atoms with Crippen molar-refractivity contribution in [3.8, 4) is 0 Å². The lowest BCUT2D eigenvalue weighted by atomic mass is 10.2. The first-order chi connectivity index (χ1) is 5.66. The zero-order chi connectivity index (χ0) is 9.14. The highest BCUT2D eigenvalue weighted by atomic mass is 127. The zero-order valence-electron chi connectivity index (χ0n) is 5.90. The average molecular weight is 287 g/mol. The molecule has 0 aliphatic heterocycles. The Morgan fingerprint density at radius 2 is 2.17 bits per heavy atom. The minimum Gasteiger partial charge on any atom is -0.250 e. The van der Waals surface area contributed by atoms with Gasteiger partial charge in [-0.2, -0.15) is 0 Å². The largest absolute Gasteiger partial charge is 0.266 e. The Bertz CT molecular complexity index is 277. The number of rotatable bonds is 2. The van der Waals surface area contributed by atoms with Crippen LogP contribution in [0, 0.1) is 3.70 Å². The first-order valence-electron chi connectivity index (χ1n) is 3.14. The van der Waals surface area contributed by atoms with Gasteiger partial charge in [0, 0.05) is 6.20 Å². The van der Waals surface area contributed by atoms with E-state index in [1.807, 2.05) is 0 Å². The van der Waals surface area contributed by atoms with E-state index in [1.165, 1.54) is 12.3 Å². The minimum atomic E-state index is -2.66. The molecule has 66 valence electrons. The van der Waals surface area contributed by atoms with Crippen molar-refractivity contribution in [3.05, 3.63) is 27.1 Å². The van der Waals surface area contributed by atoms with Crippen LogP contribution in [0.1, 0.15) is 17.6 Å². The maximum absolute atomic E-state index is 12.3. The molecule has 1 nitrogen and oxygen atoms in total. The van der Waals surface area contributed by atoms with Crippen LogP contribution < -0.4 is 0 Å². The van der Waals surface area contributed by atoms with Crippen LogP contribution in [0.2, 0.25) is 0 Å². The van der Waals surface area contributed by atoms with Crippen LogP contribution in [0.25, 0.3) is 0 Å². The molecule has 0 amide bonds. The van der Waals surface area contributed by atoms with Crippen molar-refractivity contribution in [2.45, 2.75) is 13.1 Å². The van der Waals surface area contributed by atoms with Gasteiger partial charge in [0.05, 0.1) is 5.56 Å².